The number of carbonyl (C=O) groups excluding carboxylic acids is 1. The number of nitrogens with zero attached hydrogens (tertiary/aromatic N) is 4. The molecular formula is C23H25Cl2N5OS. The number of hydrogen-bond donors (Lipinski definition) is 1. The lowest BCUT2D eigenvalue weighted by Gasteiger charge is -2.34. The summed E-state index contributed by atoms with van der Waals surface area (Å²) in [4.78, 5) is 21.7. The third-order valence-electron chi connectivity index (χ3n) is 5.48. The quantitative estimate of drug-likeness (QED) is 0.536. The molecule has 1 saturated heterocycles. The smallest absolute Gasteiger partial charge is 0.251 e. The molecule has 1 fully saturated rings. The van der Waals surface area contributed by atoms with Crippen molar-refractivity contribution in [2.24, 2.45) is 0 Å². The number of amides is 1. The van der Waals surface area contributed by atoms with Crippen molar-refractivity contribution in [1.82, 2.24) is 19.6 Å². The molecule has 6 nitrogen and oxygen atoms in total. The van der Waals surface area contributed by atoms with Gasteiger partial charge in [0.15, 0.2) is 0 Å². The summed E-state index contributed by atoms with van der Waals surface area (Å²) in [7, 11) is 0. The third-order valence-corrected chi connectivity index (χ3v) is 7.03. The largest absolute Gasteiger partial charge is 0.351 e. The summed E-state index contributed by atoms with van der Waals surface area (Å²) >= 11 is 13.4. The van der Waals surface area contributed by atoms with Crippen LogP contribution in [0.25, 0.3) is 0 Å². The van der Waals surface area contributed by atoms with Crippen molar-refractivity contribution in [2.45, 2.75) is 13.3 Å². The standard InChI is InChI=1S/C23H25Cl2N5OS/c1-16-2-4-17(5-3-16)14-21-27-23(32-28-21)30-12-10-29(11-13-30)9-8-26-22(31)18-6-7-19(24)20(25)15-18/h2-7,15H,8-14H2,1H3,(H,26,31). The van der Waals surface area contributed by atoms with Gasteiger partial charge in [-0.1, -0.05) is 53.0 Å². The van der Waals surface area contributed by atoms with Crippen molar-refractivity contribution in [2.75, 3.05) is 44.2 Å². The molecule has 0 saturated carbocycles. The summed E-state index contributed by atoms with van der Waals surface area (Å²) in [5, 5.41) is 4.76. The third kappa shape index (κ3) is 5.98. The van der Waals surface area contributed by atoms with E-state index in [4.69, 9.17) is 28.2 Å². The number of anilines is 1. The van der Waals surface area contributed by atoms with Crippen LogP contribution < -0.4 is 10.2 Å². The topological polar surface area (TPSA) is 61.4 Å². The van der Waals surface area contributed by atoms with Crippen molar-refractivity contribution >= 4 is 45.8 Å². The second-order valence-corrected chi connectivity index (χ2v) is 9.41. The van der Waals surface area contributed by atoms with Gasteiger partial charge in [0, 0.05) is 62.8 Å². The van der Waals surface area contributed by atoms with Crippen LogP contribution in [0.2, 0.25) is 10.0 Å². The normalized spacial score (nSPS) is 14.5. The number of aryl methyl sites for hydroxylation is 1. The first-order valence-electron chi connectivity index (χ1n) is 10.6. The van der Waals surface area contributed by atoms with E-state index in [9.17, 15) is 4.79 Å². The average molecular weight is 490 g/mol. The lowest BCUT2D eigenvalue weighted by atomic mass is 10.1. The molecule has 1 aromatic heterocycles. The van der Waals surface area contributed by atoms with Gasteiger partial charge >= 0.3 is 0 Å². The van der Waals surface area contributed by atoms with Crippen LogP contribution in [0.3, 0.4) is 0 Å². The summed E-state index contributed by atoms with van der Waals surface area (Å²) in [6.45, 7) is 7.13. The Bertz CT molecular complexity index is 1060. The highest BCUT2D eigenvalue weighted by atomic mass is 35.5. The van der Waals surface area contributed by atoms with Gasteiger partial charge in [-0.25, -0.2) is 4.98 Å². The maximum absolute atomic E-state index is 12.3. The van der Waals surface area contributed by atoms with Crippen molar-refractivity contribution in [3.63, 3.8) is 0 Å². The van der Waals surface area contributed by atoms with Crippen molar-refractivity contribution < 1.29 is 4.79 Å². The Kier molecular flexibility index (Phi) is 7.63. The molecule has 3 aromatic rings. The van der Waals surface area contributed by atoms with Gasteiger partial charge in [-0.15, -0.1) is 0 Å². The van der Waals surface area contributed by atoms with Gasteiger partial charge in [0.2, 0.25) is 5.13 Å². The number of benzene rings is 2. The predicted octanol–water partition coefficient (Wildman–Crippen LogP) is 4.30. The first kappa shape index (κ1) is 23.0. The predicted molar refractivity (Wildman–Crippen MR) is 131 cm³/mol. The minimum absolute atomic E-state index is 0.142. The Morgan fingerprint density at radius 1 is 1.06 bits per heavy atom. The zero-order valence-corrected chi connectivity index (χ0v) is 20.2. The molecule has 32 heavy (non-hydrogen) atoms. The highest BCUT2D eigenvalue weighted by Gasteiger charge is 2.20. The highest BCUT2D eigenvalue weighted by molar-refractivity contribution is 7.09. The molecule has 0 bridgehead atoms. The Hall–Kier alpha value is -2.19. The molecule has 1 aliphatic heterocycles. The molecule has 0 spiro atoms. The van der Waals surface area contributed by atoms with Crippen LogP contribution in [0, 0.1) is 6.92 Å². The van der Waals surface area contributed by atoms with E-state index in [0.29, 0.717) is 22.2 Å². The van der Waals surface area contributed by atoms with Gasteiger partial charge < -0.3 is 10.2 Å². The van der Waals surface area contributed by atoms with Crippen LogP contribution in [0.5, 0.6) is 0 Å². The number of aromatic nitrogens is 2. The summed E-state index contributed by atoms with van der Waals surface area (Å²) in [6, 6.07) is 13.4. The second kappa shape index (κ2) is 10.6. The summed E-state index contributed by atoms with van der Waals surface area (Å²) in [6.07, 6.45) is 0.759. The van der Waals surface area contributed by atoms with Gasteiger partial charge in [-0.3, -0.25) is 9.69 Å². The van der Waals surface area contributed by atoms with Crippen LogP contribution >= 0.6 is 34.7 Å². The molecule has 2 aromatic carbocycles. The van der Waals surface area contributed by atoms with E-state index < -0.39 is 0 Å². The molecule has 0 radical (unpaired) electrons. The van der Waals surface area contributed by atoms with E-state index >= 15 is 0 Å². The molecule has 0 unspecified atom stereocenters. The zero-order chi connectivity index (χ0) is 22.5. The fraction of sp³-hybridized carbons (Fsp3) is 0.348. The summed E-state index contributed by atoms with van der Waals surface area (Å²) < 4.78 is 4.55. The van der Waals surface area contributed by atoms with E-state index in [1.807, 2.05) is 0 Å². The zero-order valence-electron chi connectivity index (χ0n) is 17.9. The van der Waals surface area contributed by atoms with E-state index in [1.165, 1.54) is 22.7 Å². The highest BCUT2D eigenvalue weighted by Crippen LogP contribution is 2.23. The van der Waals surface area contributed by atoms with Crippen LogP contribution in [0.15, 0.2) is 42.5 Å². The fourth-order valence-corrected chi connectivity index (χ4v) is 4.60. The number of nitrogens with one attached hydrogen (secondary N) is 1. The molecule has 1 N–H and O–H groups in total. The van der Waals surface area contributed by atoms with Gasteiger partial charge in [-0.2, -0.15) is 4.37 Å². The van der Waals surface area contributed by atoms with E-state index in [1.54, 1.807) is 18.2 Å². The number of piperazine rings is 1. The summed E-state index contributed by atoms with van der Waals surface area (Å²) in [5.74, 6) is 0.735. The Morgan fingerprint density at radius 3 is 2.53 bits per heavy atom. The van der Waals surface area contributed by atoms with Crippen LogP contribution in [0.1, 0.15) is 27.3 Å². The maximum Gasteiger partial charge on any atom is 0.251 e. The van der Waals surface area contributed by atoms with Crippen molar-refractivity contribution in [1.29, 1.82) is 0 Å². The van der Waals surface area contributed by atoms with Crippen molar-refractivity contribution in [3.05, 3.63) is 75.0 Å². The average Bonchev–Trinajstić information content (AvgIpc) is 3.26. The molecule has 0 aliphatic carbocycles. The second-order valence-electron chi connectivity index (χ2n) is 7.87. The van der Waals surface area contributed by atoms with E-state index in [-0.39, 0.29) is 5.91 Å². The van der Waals surface area contributed by atoms with Crippen LogP contribution in [0.4, 0.5) is 5.13 Å². The fourth-order valence-electron chi connectivity index (χ4n) is 3.56. The van der Waals surface area contributed by atoms with Crippen LogP contribution in [-0.2, 0) is 6.42 Å². The minimum Gasteiger partial charge on any atom is -0.351 e. The number of halogens is 2. The molecule has 1 amide bonds. The lowest BCUT2D eigenvalue weighted by Crippen LogP contribution is -2.48. The van der Waals surface area contributed by atoms with E-state index in [2.05, 4.69) is 50.7 Å². The molecule has 4 rings (SSSR count). The number of hydrogen-bond acceptors (Lipinski definition) is 6. The molecule has 1 aliphatic rings. The van der Waals surface area contributed by atoms with Crippen molar-refractivity contribution in [3.8, 4) is 0 Å². The Morgan fingerprint density at radius 2 is 1.81 bits per heavy atom. The molecule has 2 heterocycles. The Labute approximate surface area is 202 Å². The van der Waals surface area contributed by atoms with E-state index in [0.717, 1.165) is 50.1 Å². The lowest BCUT2D eigenvalue weighted by molar-refractivity contribution is 0.0948. The van der Waals surface area contributed by atoms with Gasteiger partial charge in [-0.05, 0) is 30.7 Å². The van der Waals surface area contributed by atoms with Gasteiger partial charge in [0.25, 0.3) is 5.91 Å². The molecule has 9 heteroatoms. The number of carbonyl (C=O) groups is 1. The summed E-state index contributed by atoms with van der Waals surface area (Å²) in [5.41, 5.74) is 3.00. The first-order valence-corrected chi connectivity index (χ1v) is 12.1. The van der Waals surface area contributed by atoms with Crippen LogP contribution in [-0.4, -0.2) is 59.4 Å². The maximum atomic E-state index is 12.3. The SMILES string of the molecule is Cc1ccc(Cc2nsc(N3CCN(CCNC(=O)c4ccc(Cl)c(Cl)c4)CC3)n2)cc1. The number of rotatable bonds is 7. The molecular weight excluding hydrogens is 465 g/mol. The van der Waals surface area contributed by atoms with Gasteiger partial charge in [0.1, 0.15) is 5.82 Å². The van der Waals surface area contributed by atoms with Gasteiger partial charge in [0.05, 0.1) is 10.0 Å². The first-order chi connectivity index (χ1) is 15.5. The Balaban J connectivity index is 1.20. The monoisotopic (exact) mass is 489 g/mol. The molecule has 0 atom stereocenters. The molecule has 168 valence electrons. The minimum atomic E-state index is -0.142.